The second kappa shape index (κ2) is 7.20. The summed E-state index contributed by atoms with van der Waals surface area (Å²) in [5.41, 5.74) is 0. The van der Waals surface area contributed by atoms with Gasteiger partial charge in [0.05, 0.1) is 7.11 Å². The highest BCUT2D eigenvalue weighted by molar-refractivity contribution is 7.89. The Bertz CT molecular complexity index is 726. The predicted octanol–water partition coefficient (Wildman–Crippen LogP) is 1.32. The first-order valence-corrected chi connectivity index (χ1v) is 9.93. The third kappa shape index (κ3) is 3.62. The average Bonchev–Trinajstić information content (AvgIpc) is 3.12. The summed E-state index contributed by atoms with van der Waals surface area (Å²) in [6, 6.07) is 1.18. The van der Waals surface area contributed by atoms with Crippen LogP contribution in [0.5, 0.6) is 0 Å². The van der Waals surface area contributed by atoms with Gasteiger partial charge < -0.3 is 10.1 Å². The van der Waals surface area contributed by atoms with Crippen molar-refractivity contribution in [2.24, 2.45) is 11.8 Å². The fraction of sp³-hybridized carbons (Fsp3) is 0.600. The van der Waals surface area contributed by atoms with Gasteiger partial charge in [-0.3, -0.25) is 4.79 Å². The van der Waals surface area contributed by atoms with Crippen molar-refractivity contribution in [1.29, 1.82) is 0 Å². The molecule has 1 aliphatic heterocycles. The maximum atomic E-state index is 12.9. The van der Waals surface area contributed by atoms with E-state index < -0.39 is 16.0 Å². The molecule has 7 nitrogen and oxygen atoms in total. The van der Waals surface area contributed by atoms with Crippen LogP contribution in [0.25, 0.3) is 0 Å². The van der Waals surface area contributed by atoms with E-state index in [1.165, 1.54) is 24.4 Å². The molecule has 0 aromatic carbocycles. The lowest BCUT2D eigenvalue weighted by molar-refractivity contribution is -0.119. The quantitative estimate of drug-likeness (QED) is 0.785. The lowest BCUT2D eigenvalue weighted by atomic mass is 9.91. The molecule has 1 aliphatic rings. The number of hydrogen-bond donors (Lipinski definition) is 1. The second-order valence-corrected chi connectivity index (χ2v) is 8.96. The SMILES string of the molecule is COC(=O)c1sccc1S(=O)(=O)N1C[C@@H](NC(C)=O)[C@H](C(C)C)C1. The first-order valence-electron chi connectivity index (χ1n) is 7.61. The largest absolute Gasteiger partial charge is 0.465 e. The Hall–Kier alpha value is -1.45. The zero-order valence-electron chi connectivity index (χ0n) is 14.1. The number of nitrogens with one attached hydrogen (secondary N) is 1. The van der Waals surface area contributed by atoms with Gasteiger partial charge in [0, 0.05) is 26.1 Å². The van der Waals surface area contributed by atoms with Crippen molar-refractivity contribution in [1.82, 2.24) is 9.62 Å². The monoisotopic (exact) mass is 374 g/mol. The smallest absolute Gasteiger partial charge is 0.349 e. The molecule has 1 aromatic rings. The minimum absolute atomic E-state index is 0.0175. The number of carbonyl (C=O) groups is 2. The molecular weight excluding hydrogens is 352 g/mol. The van der Waals surface area contributed by atoms with E-state index in [1.54, 1.807) is 5.38 Å². The average molecular weight is 374 g/mol. The van der Waals surface area contributed by atoms with Crippen molar-refractivity contribution in [2.45, 2.75) is 31.7 Å². The summed E-state index contributed by atoms with van der Waals surface area (Å²) < 4.78 is 31.9. The molecule has 0 saturated carbocycles. The predicted molar refractivity (Wildman–Crippen MR) is 90.4 cm³/mol. The standard InChI is InChI=1S/C15H22N2O5S2/c1-9(2)11-7-17(8-12(11)16-10(3)18)24(20,21)13-5-6-23-14(13)15(19)22-4/h5-6,9,11-12H,7-8H2,1-4H3,(H,16,18)/t11-,12+/m0/s1. The Kier molecular flexibility index (Phi) is 5.67. The topological polar surface area (TPSA) is 92.8 Å². The molecule has 9 heteroatoms. The fourth-order valence-corrected chi connectivity index (χ4v) is 5.77. The van der Waals surface area contributed by atoms with Crippen molar-refractivity contribution in [3.63, 3.8) is 0 Å². The molecule has 0 spiro atoms. The Balaban J connectivity index is 2.32. The summed E-state index contributed by atoms with van der Waals surface area (Å²) in [4.78, 5) is 23.2. The molecule has 2 atom stereocenters. The van der Waals surface area contributed by atoms with Gasteiger partial charge in [-0.15, -0.1) is 11.3 Å². The van der Waals surface area contributed by atoms with Gasteiger partial charge >= 0.3 is 5.97 Å². The minimum atomic E-state index is -3.82. The highest BCUT2D eigenvalue weighted by atomic mass is 32.2. The minimum Gasteiger partial charge on any atom is -0.465 e. The van der Waals surface area contributed by atoms with Crippen molar-refractivity contribution in [2.75, 3.05) is 20.2 Å². The van der Waals surface area contributed by atoms with E-state index in [2.05, 4.69) is 10.1 Å². The van der Waals surface area contributed by atoms with Crippen LogP contribution in [-0.2, 0) is 19.6 Å². The van der Waals surface area contributed by atoms with Gasteiger partial charge in [0.1, 0.15) is 9.77 Å². The summed E-state index contributed by atoms with van der Waals surface area (Å²) >= 11 is 1.04. The van der Waals surface area contributed by atoms with Gasteiger partial charge in [-0.1, -0.05) is 13.8 Å². The number of hydrogen-bond acceptors (Lipinski definition) is 6. The number of carbonyl (C=O) groups excluding carboxylic acids is 2. The van der Waals surface area contributed by atoms with Crippen molar-refractivity contribution in [3.8, 4) is 0 Å². The normalized spacial score (nSPS) is 21.9. The maximum absolute atomic E-state index is 12.9. The molecule has 0 bridgehead atoms. The van der Waals surface area contributed by atoms with Gasteiger partial charge in [-0.2, -0.15) is 4.31 Å². The van der Waals surface area contributed by atoms with Gasteiger partial charge in [-0.05, 0) is 23.3 Å². The molecular formula is C15H22N2O5S2. The molecule has 1 N–H and O–H groups in total. The zero-order chi connectivity index (χ0) is 18.1. The molecule has 2 heterocycles. The van der Waals surface area contributed by atoms with Crippen LogP contribution in [0.2, 0.25) is 0 Å². The van der Waals surface area contributed by atoms with Crippen LogP contribution in [0.3, 0.4) is 0 Å². The van der Waals surface area contributed by atoms with E-state index >= 15 is 0 Å². The molecule has 134 valence electrons. The van der Waals surface area contributed by atoms with E-state index in [1.807, 2.05) is 13.8 Å². The molecule has 0 aliphatic carbocycles. The van der Waals surface area contributed by atoms with Crippen molar-refractivity contribution in [3.05, 3.63) is 16.3 Å². The molecule has 1 amide bonds. The molecule has 0 radical (unpaired) electrons. The molecule has 1 fully saturated rings. The number of esters is 1. The Morgan fingerprint density at radius 3 is 2.58 bits per heavy atom. The maximum Gasteiger partial charge on any atom is 0.349 e. The van der Waals surface area contributed by atoms with Crippen LogP contribution >= 0.6 is 11.3 Å². The Morgan fingerprint density at radius 1 is 1.38 bits per heavy atom. The van der Waals surface area contributed by atoms with Crippen LogP contribution < -0.4 is 5.32 Å². The van der Waals surface area contributed by atoms with E-state index in [0.717, 1.165) is 11.3 Å². The lowest BCUT2D eigenvalue weighted by Gasteiger charge is -2.21. The van der Waals surface area contributed by atoms with E-state index in [-0.39, 0.29) is 40.1 Å². The fourth-order valence-electron chi connectivity index (χ4n) is 2.96. The summed E-state index contributed by atoms with van der Waals surface area (Å²) in [6.07, 6.45) is 0. The van der Waals surface area contributed by atoms with Gasteiger partial charge in [0.25, 0.3) is 0 Å². The summed E-state index contributed by atoms with van der Waals surface area (Å²) in [6.45, 7) is 5.92. The number of ether oxygens (including phenoxy) is 1. The molecule has 24 heavy (non-hydrogen) atoms. The molecule has 0 unspecified atom stereocenters. The van der Waals surface area contributed by atoms with Gasteiger partial charge in [0.2, 0.25) is 15.9 Å². The van der Waals surface area contributed by atoms with Gasteiger partial charge in [-0.25, -0.2) is 13.2 Å². The lowest BCUT2D eigenvalue weighted by Crippen LogP contribution is -2.41. The van der Waals surface area contributed by atoms with Gasteiger partial charge in [0.15, 0.2) is 0 Å². The van der Waals surface area contributed by atoms with Crippen LogP contribution in [0.1, 0.15) is 30.4 Å². The highest BCUT2D eigenvalue weighted by Crippen LogP contribution is 2.32. The Morgan fingerprint density at radius 2 is 2.04 bits per heavy atom. The van der Waals surface area contributed by atoms with E-state index in [0.29, 0.717) is 6.54 Å². The van der Waals surface area contributed by atoms with Crippen LogP contribution in [0, 0.1) is 11.8 Å². The van der Waals surface area contributed by atoms with Crippen LogP contribution in [0.15, 0.2) is 16.3 Å². The van der Waals surface area contributed by atoms with Crippen molar-refractivity contribution >= 4 is 33.2 Å². The number of rotatable bonds is 5. The van der Waals surface area contributed by atoms with E-state index in [9.17, 15) is 18.0 Å². The third-order valence-electron chi connectivity index (χ3n) is 4.19. The number of sulfonamides is 1. The molecule has 1 saturated heterocycles. The number of methoxy groups -OCH3 is 1. The zero-order valence-corrected chi connectivity index (χ0v) is 15.7. The summed E-state index contributed by atoms with van der Waals surface area (Å²) in [7, 11) is -2.61. The first-order chi connectivity index (χ1) is 11.2. The Labute approximate surface area is 146 Å². The third-order valence-corrected chi connectivity index (χ3v) is 7.09. The number of amides is 1. The second-order valence-electron chi connectivity index (χ2n) is 6.14. The van der Waals surface area contributed by atoms with Crippen molar-refractivity contribution < 1.29 is 22.7 Å². The molecule has 1 aromatic heterocycles. The highest BCUT2D eigenvalue weighted by Gasteiger charge is 2.42. The summed E-state index contributed by atoms with van der Waals surface area (Å²) in [5.74, 6) is -0.620. The number of thiophene rings is 1. The van der Waals surface area contributed by atoms with Crippen LogP contribution in [0.4, 0.5) is 0 Å². The van der Waals surface area contributed by atoms with Crippen LogP contribution in [-0.4, -0.2) is 50.8 Å². The first kappa shape index (κ1) is 18.9. The van der Waals surface area contributed by atoms with E-state index in [4.69, 9.17) is 0 Å². The molecule has 2 rings (SSSR count). The number of nitrogens with zero attached hydrogens (tertiary/aromatic N) is 1. The summed E-state index contributed by atoms with van der Waals surface area (Å²) in [5, 5.41) is 4.39.